The molecular weight excluding hydrogens is 254 g/mol. The van der Waals surface area contributed by atoms with Crippen LogP contribution in [0.25, 0.3) is 0 Å². The van der Waals surface area contributed by atoms with E-state index in [2.05, 4.69) is 17.2 Å². The molecule has 0 aliphatic heterocycles. The molecule has 1 aromatic heterocycles. The summed E-state index contributed by atoms with van der Waals surface area (Å²) in [4.78, 5) is 16.3. The lowest BCUT2D eigenvalue weighted by Crippen LogP contribution is -2.39. The van der Waals surface area contributed by atoms with E-state index in [1.54, 1.807) is 12.5 Å². The van der Waals surface area contributed by atoms with Gasteiger partial charge in [-0.1, -0.05) is 26.2 Å². The maximum atomic E-state index is 12.1. The Morgan fingerprint density at radius 2 is 2.25 bits per heavy atom. The number of aromatic nitrogens is 2. The Balaban J connectivity index is 2.13. The largest absolute Gasteiger partial charge is 0.468 e. The summed E-state index contributed by atoms with van der Waals surface area (Å²) < 4.78 is 7.01. The lowest BCUT2D eigenvalue weighted by molar-refractivity contribution is -0.143. The maximum Gasteiger partial charge on any atom is 0.329 e. The number of esters is 1. The predicted octanol–water partition coefficient (Wildman–Crippen LogP) is 2.43. The van der Waals surface area contributed by atoms with Gasteiger partial charge in [0.05, 0.1) is 25.3 Å². The topological polar surface area (TPSA) is 56.2 Å². The van der Waals surface area contributed by atoms with Crippen molar-refractivity contribution in [2.75, 3.05) is 7.11 Å². The van der Waals surface area contributed by atoms with Crippen LogP contribution >= 0.6 is 0 Å². The van der Waals surface area contributed by atoms with Crippen molar-refractivity contribution in [3.63, 3.8) is 0 Å². The Morgan fingerprint density at radius 1 is 1.50 bits per heavy atom. The third-order valence-electron chi connectivity index (χ3n) is 3.95. The van der Waals surface area contributed by atoms with Crippen molar-refractivity contribution in [3.05, 3.63) is 18.2 Å². The molecule has 1 atom stereocenters. The van der Waals surface area contributed by atoms with Gasteiger partial charge < -0.3 is 9.30 Å². The molecule has 1 saturated carbocycles. The molecule has 0 spiro atoms. The van der Waals surface area contributed by atoms with E-state index in [-0.39, 0.29) is 5.97 Å². The van der Waals surface area contributed by atoms with Gasteiger partial charge in [0.1, 0.15) is 6.04 Å². The number of methoxy groups -OCH3 is 1. The number of imidazole rings is 1. The molecule has 112 valence electrons. The molecule has 1 N–H and O–H groups in total. The van der Waals surface area contributed by atoms with Gasteiger partial charge in [0, 0.05) is 12.6 Å². The number of aryl methyl sites for hydroxylation is 1. The number of hydrogen-bond donors (Lipinski definition) is 1. The molecule has 0 amide bonds. The second kappa shape index (κ2) is 7.43. The molecule has 1 aromatic rings. The second-order valence-electron chi connectivity index (χ2n) is 5.47. The molecule has 1 unspecified atom stereocenters. The molecular formula is C15H25N3O2. The first-order chi connectivity index (χ1) is 9.76. The Morgan fingerprint density at radius 3 is 2.90 bits per heavy atom. The van der Waals surface area contributed by atoms with Crippen molar-refractivity contribution in [2.24, 2.45) is 0 Å². The SMILES string of the molecule is CCCn1cncc1C(NC1CCCCC1)C(=O)OC. The van der Waals surface area contributed by atoms with Crippen molar-refractivity contribution in [3.8, 4) is 0 Å². The van der Waals surface area contributed by atoms with Crippen molar-refractivity contribution in [1.82, 2.24) is 14.9 Å². The molecule has 5 nitrogen and oxygen atoms in total. The van der Waals surface area contributed by atoms with Gasteiger partial charge in [-0.3, -0.25) is 5.32 Å². The van der Waals surface area contributed by atoms with E-state index in [0.717, 1.165) is 31.5 Å². The minimum atomic E-state index is -0.405. The Hall–Kier alpha value is -1.36. The number of hydrogen-bond acceptors (Lipinski definition) is 4. The zero-order valence-electron chi connectivity index (χ0n) is 12.5. The van der Waals surface area contributed by atoms with E-state index in [4.69, 9.17) is 4.74 Å². The molecule has 0 saturated heterocycles. The van der Waals surface area contributed by atoms with E-state index in [9.17, 15) is 4.79 Å². The van der Waals surface area contributed by atoms with Crippen molar-refractivity contribution >= 4 is 5.97 Å². The van der Waals surface area contributed by atoms with Crippen LogP contribution in [0, 0.1) is 0 Å². The summed E-state index contributed by atoms with van der Waals surface area (Å²) in [5.41, 5.74) is 0.907. The smallest absolute Gasteiger partial charge is 0.329 e. The minimum absolute atomic E-state index is 0.228. The monoisotopic (exact) mass is 279 g/mol. The quantitative estimate of drug-likeness (QED) is 0.813. The van der Waals surface area contributed by atoms with Gasteiger partial charge in [-0.2, -0.15) is 0 Å². The highest BCUT2D eigenvalue weighted by Gasteiger charge is 2.28. The number of rotatable bonds is 6. The summed E-state index contributed by atoms with van der Waals surface area (Å²) in [7, 11) is 1.44. The van der Waals surface area contributed by atoms with Crippen LogP contribution in [0.1, 0.15) is 57.2 Å². The molecule has 1 heterocycles. The summed E-state index contributed by atoms with van der Waals surface area (Å²) in [6.07, 6.45) is 10.6. The number of carbonyl (C=O) groups excluding carboxylic acids is 1. The first kappa shape index (κ1) is 15.0. The molecule has 1 aliphatic carbocycles. The van der Waals surface area contributed by atoms with Gasteiger partial charge in [-0.15, -0.1) is 0 Å². The lowest BCUT2D eigenvalue weighted by atomic mass is 9.94. The summed E-state index contributed by atoms with van der Waals surface area (Å²) in [6, 6.07) is -0.00465. The van der Waals surface area contributed by atoms with Crippen molar-refractivity contribution < 1.29 is 9.53 Å². The normalized spacial score (nSPS) is 17.9. The standard InChI is InChI=1S/C15H25N3O2/c1-3-9-18-11-16-10-13(18)14(15(19)20-2)17-12-7-5-4-6-8-12/h10-12,14,17H,3-9H2,1-2H3. The average Bonchev–Trinajstić information content (AvgIpc) is 2.93. The predicted molar refractivity (Wildman–Crippen MR) is 77.3 cm³/mol. The molecule has 0 aromatic carbocycles. The van der Waals surface area contributed by atoms with Gasteiger partial charge in [-0.05, 0) is 19.3 Å². The highest BCUT2D eigenvalue weighted by molar-refractivity contribution is 5.77. The van der Waals surface area contributed by atoms with Gasteiger partial charge in [0.15, 0.2) is 0 Å². The zero-order valence-corrected chi connectivity index (χ0v) is 12.5. The second-order valence-corrected chi connectivity index (χ2v) is 5.47. The maximum absolute atomic E-state index is 12.1. The van der Waals surface area contributed by atoms with Crippen LogP contribution in [0.5, 0.6) is 0 Å². The summed E-state index contributed by atoms with van der Waals surface area (Å²) in [5, 5.41) is 3.47. The summed E-state index contributed by atoms with van der Waals surface area (Å²) >= 11 is 0. The third-order valence-corrected chi connectivity index (χ3v) is 3.95. The van der Waals surface area contributed by atoms with E-state index >= 15 is 0 Å². The van der Waals surface area contributed by atoms with Crippen LogP contribution in [-0.4, -0.2) is 28.7 Å². The zero-order chi connectivity index (χ0) is 14.4. The van der Waals surface area contributed by atoms with E-state index in [1.165, 1.54) is 26.4 Å². The Bertz CT molecular complexity index is 425. The van der Waals surface area contributed by atoms with Crippen LogP contribution in [0.3, 0.4) is 0 Å². The van der Waals surface area contributed by atoms with Crippen molar-refractivity contribution in [2.45, 2.75) is 64.1 Å². The Kier molecular flexibility index (Phi) is 5.59. The fraction of sp³-hybridized carbons (Fsp3) is 0.733. The fourth-order valence-corrected chi connectivity index (χ4v) is 2.90. The molecule has 1 aliphatic rings. The van der Waals surface area contributed by atoms with Crippen LogP contribution in [0.15, 0.2) is 12.5 Å². The van der Waals surface area contributed by atoms with E-state index < -0.39 is 6.04 Å². The Labute approximate surface area is 120 Å². The fourth-order valence-electron chi connectivity index (χ4n) is 2.90. The van der Waals surface area contributed by atoms with Crippen LogP contribution in [0.4, 0.5) is 0 Å². The van der Waals surface area contributed by atoms with Crippen LogP contribution in [-0.2, 0) is 16.1 Å². The molecule has 0 bridgehead atoms. The van der Waals surface area contributed by atoms with Gasteiger partial charge in [0.2, 0.25) is 0 Å². The number of carbonyl (C=O) groups is 1. The molecule has 2 rings (SSSR count). The van der Waals surface area contributed by atoms with Crippen LogP contribution < -0.4 is 5.32 Å². The first-order valence-corrected chi connectivity index (χ1v) is 7.60. The lowest BCUT2D eigenvalue weighted by Gasteiger charge is -2.27. The minimum Gasteiger partial charge on any atom is -0.468 e. The summed E-state index contributed by atoms with van der Waals surface area (Å²) in [6.45, 7) is 2.99. The average molecular weight is 279 g/mol. The van der Waals surface area contributed by atoms with E-state index in [0.29, 0.717) is 6.04 Å². The molecule has 5 heteroatoms. The summed E-state index contributed by atoms with van der Waals surface area (Å²) in [5.74, 6) is -0.228. The highest BCUT2D eigenvalue weighted by atomic mass is 16.5. The first-order valence-electron chi connectivity index (χ1n) is 7.60. The number of ether oxygens (including phenoxy) is 1. The van der Waals surface area contributed by atoms with Gasteiger partial charge in [-0.25, -0.2) is 9.78 Å². The van der Waals surface area contributed by atoms with Gasteiger partial charge in [0.25, 0.3) is 0 Å². The van der Waals surface area contributed by atoms with Crippen LogP contribution in [0.2, 0.25) is 0 Å². The van der Waals surface area contributed by atoms with E-state index in [1.807, 2.05) is 4.57 Å². The van der Waals surface area contributed by atoms with Crippen molar-refractivity contribution in [1.29, 1.82) is 0 Å². The third kappa shape index (κ3) is 3.60. The molecule has 0 radical (unpaired) electrons. The highest BCUT2D eigenvalue weighted by Crippen LogP contribution is 2.22. The number of nitrogens with zero attached hydrogens (tertiary/aromatic N) is 2. The molecule has 1 fully saturated rings. The molecule has 20 heavy (non-hydrogen) atoms. The van der Waals surface area contributed by atoms with Gasteiger partial charge >= 0.3 is 5.97 Å². The number of nitrogens with one attached hydrogen (secondary N) is 1.